The smallest absolute Gasteiger partial charge is 0.145 e. The van der Waals surface area contributed by atoms with E-state index in [1.54, 1.807) is 0 Å². The summed E-state index contributed by atoms with van der Waals surface area (Å²) in [6, 6.07) is 0. The van der Waals surface area contributed by atoms with Gasteiger partial charge in [-0.1, -0.05) is 70.9 Å². The predicted molar refractivity (Wildman–Crippen MR) is 92.4 cm³/mol. The van der Waals surface area contributed by atoms with Crippen molar-refractivity contribution < 1.29 is 4.79 Å². The molecule has 2 atom stereocenters. The van der Waals surface area contributed by atoms with Gasteiger partial charge in [0.25, 0.3) is 0 Å². The summed E-state index contributed by atoms with van der Waals surface area (Å²) in [5.41, 5.74) is -0.475. The Balaban J connectivity index is 2.98. The molecular formula is C20H34O. The highest BCUT2D eigenvalue weighted by molar-refractivity contribution is 5.90. The first-order chi connectivity index (χ1) is 9.98. The van der Waals surface area contributed by atoms with E-state index in [1.807, 2.05) is 12.2 Å². The Morgan fingerprint density at radius 2 is 1.14 bits per heavy atom. The van der Waals surface area contributed by atoms with Crippen molar-refractivity contribution in [3.05, 3.63) is 25.3 Å². The molecule has 1 saturated carbocycles. The van der Waals surface area contributed by atoms with Crippen LogP contribution in [-0.4, -0.2) is 5.78 Å². The van der Waals surface area contributed by atoms with Crippen molar-refractivity contribution in [1.29, 1.82) is 0 Å². The molecule has 0 bridgehead atoms. The standard InChI is InChI=1S/C20H34O/c1-5-14-19(3)16-12-10-8-7-9-11-13-17-20(4,15-6-2)18(19)21/h5-6H,1-2,7-17H2,3-4H3/t19-,20+. The molecule has 0 aromatic carbocycles. The van der Waals surface area contributed by atoms with Gasteiger partial charge >= 0.3 is 0 Å². The third kappa shape index (κ3) is 5.13. The minimum absolute atomic E-state index is 0.237. The number of allylic oxidation sites excluding steroid dienone is 2. The molecule has 0 heterocycles. The number of hydrogen-bond acceptors (Lipinski definition) is 1. The van der Waals surface area contributed by atoms with E-state index in [1.165, 1.54) is 44.9 Å². The second-order valence-electron chi connectivity index (χ2n) is 7.41. The molecule has 0 amide bonds. The fraction of sp³-hybridized carbons (Fsp3) is 0.750. The Morgan fingerprint density at radius 1 is 0.810 bits per heavy atom. The monoisotopic (exact) mass is 290 g/mol. The highest BCUT2D eigenvalue weighted by Crippen LogP contribution is 2.42. The van der Waals surface area contributed by atoms with Crippen LogP contribution in [-0.2, 0) is 4.79 Å². The van der Waals surface area contributed by atoms with E-state index in [2.05, 4.69) is 27.0 Å². The molecule has 1 heteroatoms. The van der Waals surface area contributed by atoms with Crippen molar-refractivity contribution in [2.24, 2.45) is 10.8 Å². The molecule has 0 saturated heterocycles. The van der Waals surface area contributed by atoms with Gasteiger partial charge < -0.3 is 0 Å². The molecule has 120 valence electrons. The van der Waals surface area contributed by atoms with Crippen molar-refractivity contribution in [2.75, 3.05) is 0 Å². The Bertz CT molecular complexity index is 325. The minimum atomic E-state index is -0.237. The van der Waals surface area contributed by atoms with Crippen LogP contribution in [0.4, 0.5) is 0 Å². The van der Waals surface area contributed by atoms with Gasteiger partial charge in [0, 0.05) is 10.8 Å². The highest BCUT2D eigenvalue weighted by Gasteiger charge is 2.42. The maximum Gasteiger partial charge on any atom is 0.145 e. The number of carbonyl (C=O) groups excluding carboxylic acids is 1. The Morgan fingerprint density at radius 3 is 1.48 bits per heavy atom. The van der Waals surface area contributed by atoms with Crippen molar-refractivity contribution in [3.8, 4) is 0 Å². The van der Waals surface area contributed by atoms with Crippen molar-refractivity contribution in [1.82, 2.24) is 0 Å². The van der Waals surface area contributed by atoms with Gasteiger partial charge in [0.15, 0.2) is 0 Å². The first-order valence-electron chi connectivity index (χ1n) is 8.75. The van der Waals surface area contributed by atoms with Gasteiger partial charge in [0.1, 0.15) is 5.78 Å². The molecule has 0 unspecified atom stereocenters. The van der Waals surface area contributed by atoms with Crippen LogP contribution in [0, 0.1) is 10.8 Å². The lowest BCUT2D eigenvalue weighted by atomic mass is 9.64. The van der Waals surface area contributed by atoms with Gasteiger partial charge in [0.05, 0.1) is 0 Å². The van der Waals surface area contributed by atoms with Crippen LogP contribution in [0.25, 0.3) is 0 Å². The maximum absolute atomic E-state index is 13.3. The molecule has 1 fully saturated rings. The average molecular weight is 290 g/mol. The van der Waals surface area contributed by atoms with Gasteiger partial charge in [-0.05, 0) is 25.7 Å². The van der Waals surface area contributed by atoms with E-state index in [0.717, 1.165) is 25.7 Å². The quantitative estimate of drug-likeness (QED) is 0.560. The van der Waals surface area contributed by atoms with E-state index in [0.29, 0.717) is 5.78 Å². The summed E-state index contributed by atoms with van der Waals surface area (Å²) in [5, 5.41) is 0. The molecule has 0 aromatic rings. The van der Waals surface area contributed by atoms with Crippen LogP contribution in [0.1, 0.15) is 84.5 Å². The van der Waals surface area contributed by atoms with E-state index < -0.39 is 0 Å². The first-order valence-corrected chi connectivity index (χ1v) is 8.75. The van der Waals surface area contributed by atoms with Crippen LogP contribution >= 0.6 is 0 Å². The van der Waals surface area contributed by atoms with Crippen molar-refractivity contribution in [2.45, 2.75) is 84.5 Å². The van der Waals surface area contributed by atoms with Crippen LogP contribution < -0.4 is 0 Å². The molecule has 0 aromatic heterocycles. The molecule has 1 nitrogen and oxygen atoms in total. The lowest BCUT2D eigenvalue weighted by molar-refractivity contribution is -0.138. The predicted octanol–water partition coefficient (Wildman–Crippen LogP) is 6.24. The zero-order chi connectivity index (χ0) is 15.8. The number of hydrogen-bond donors (Lipinski definition) is 0. The van der Waals surface area contributed by atoms with Gasteiger partial charge in [-0.15, -0.1) is 13.2 Å². The fourth-order valence-electron chi connectivity index (χ4n) is 3.90. The van der Waals surface area contributed by atoms with E-state index >= 15 is 0 Å². The number of rotatable bonds is 4. The van der Waals surface area contributed by atoms with Crippen molar-refractivity contribution in [3.63, 3.8) is 0 Å². The van der Waals surface area contributed by atoms with Gasteiger partial charge in [0.2, 0.25) is 0 Å². The Hall–Kier alpha value is -0.850. The maximum atomic E-state index is 13.3. The summed E-state index contributed by atoms with van der Waals surface area (Å²) in [6.45, 7) is 12.1. The number of ketones is 1. The lowest BCUT2D eigenvalue weighted by Gasteiger charge is -2.38. The SMILES string of the molecule is C=CC[C@@]1(C)CCCCCCCCC[C@@](C)(CC=C)C1=O. The molecule has 1 rings (SSSR count). The van der Waals surface area contributed by atoms with Gasteiger partial charge in [-0.2, -0.15) is 0 Å². The molecule has 1 aliphatic rings. The Kier molecular flexibility index (Phi) is 7.42. The largest absolute Gasteiger partial charge is 0.298 e. The zero-order valence-electron chi connectivity index (χ0n) is 14.3. The molecule has 21 heavy (non-hydrogen) atoms. The summed E-state index contributed by atoms with van der Waals surface area (Å²) in [7, 11) is 0. The van der Waals surface area contributed by atoms with Crippen LogP contribution in [0.3, 0.4) is 0 Å². The van der Waals surface area contributed by atoms with Gasteiger partial charge in [-0.25, -0.2) is 0 Å². The molecule has 1 aliphatic carbocycles. The summed E-state index contributed by atoms with van der Waals surface area (Å²) >= 11 is 0. The third-order valence-corrected chi connectivity index (χ3v) is 5.24. The topological polar surface area (TPSA) is 17.1 Å². The van der Waals surface area contributed by atoms with E-state index in [9.17, 15) is 4.79 Å². The zero-order valence-corrected chi connectivity index (χ0v) is 14.3. The molecule has 0 N–H and O–H groups in total. The normalized spacial score (nSPS) is 32.8. The summed E-state index contributed by atoms with van der Waals surface area (Å²) < 4.78 is 0. The van der Waals surface area contributed by atoms with Crippen LogP contribution in [0.5, 0.6) is 0 Å². The molecular weight excluding hydrogens is 256 g/mol. The summed E-state index contributed by atoms with van der Waals surface area (Å²) in [6.07, 6.45) is 16.3. The van der Waals surface area contributed by atoms with Gasteiger partial charge in [-0.3, -0.25) is 4.79 Å². The van der Waals surface area contributed by atoms with E-state index in [4.69, 9.17) is 0 Å². The number of Topliss-reactive ketones (excluding diaryl/α,β-unsaturated/α-hetero) is 1. The second-order valence-corrected chi connectivity index (χ2v) is 7.41. The molecule has 0 spiro atoms. The lowest BCUT2D eigenvalue weighted by Crippen LogP contribution is -2.40. The molecule has 0 aliphatic heterocycles. The van der Waals surface area contributed by atoms with Crippen LogP contribution in [0.15, 0.2) is 25.3 Å². The Labute approximate surface area is 131 Å². The van der Waals surface area contributed by atoms with Crippen molar-refractivity contribution >= 4 is 5.78 Å². The molecule has 0 radical (unpaired) electrons. The highest BCUT2D eigenvalue weighted by atomic mass is 16.1. The van der Waals surface area contributed by atoms with E-state index in [-0.39, 0.29) is 10.8 Å². The average Bonchev–Trinajstić information content (AvgIpc) is 2.44. The van der Waals surface area contributed by atoms with Crippen LogP contribution in [0.2, 0.25) is 0 Å². The fourth-order valence-corrected chi connectivity index (χ4v) is 3.90. The minimum Gasteiger partial charge on any atom is -0.298 e. The number of carbonyl (C=O) groups is 1. The second kappa shape index (κ2) is 8.56. The third-order valence-electron chi connectivity index (χ3n) is 5.24. The summed E-state index contributed by atoms with van der Waals surface area (Å²) in [5.74, 6) is 0.440. The first kappa shape index (κ1) is 18.2. The summed E-state index contributed by atoms with van der Waals surface area (Å²) in [4.78, 5) is 13.3.